The van der Waals surface area contributed by atoms with Crippen LogP contribution < -0.4 is 15.4 Å². The van der Waals surface area contributed by atoms with Gasteiger partial charge in [0.25, 0.3) is 5.91 Å². The molecule has 0 spiro atoms. The molecule has 3 rings (SSSR count). The first-order chi connectivity index (χ1) is 11.5. The third-order valence-corrected chi connectivity index (χ3v) is 4.73. The maximum absolute atomic E-state index is 12.1. The number of ether oxygens (including phenoxy) is 1. The highest BCUT2D eigenvalue weighted by Gasteiger charge is 2.16. The van der Waals surface area contributed by atoms with Crippen molar-refractivity contribution < 1.29 is 14.3 Å². The van der Waals surface area contributed by atoms with Crippen LogP contribution in [0.3, 0.4) is 0 Å². The van der Waals surface area contributed by atoms with Crippen molar-refractivity contribution in [1.82, 2.24) is 0 Å². The fourth-order valence-corrected chi connectivity index (χ4v) is 3.31. The van der Waals surface area contributed by atoms with Crippen molar-refractivity contribution in [3.63, 3.8) is 0 Å². The van der Waals surface area contributed by atoms with Crippen molar-refractivity contribution in [3.8, 4) is 5.75 Å². The number of carbonyl (C=O) groups is 2. The van der Waals surface area contributed by atoms with E-state index in [1.54, 1.807) is 6.07 Å². The molecule has 24 heavy (non-hydrogen) atoms. The maximum Gasteiger partial charge on any atom is 0.262 e. The molecule has 0 saturated heterocycles. The van der Waals surface area contributed by atoms with Crippen molar-refractivity contribution >= 4 is 35.0 Å². The molecule has 2 aromatic rings. The van der Waals surface area contributed by atoms with E-state index in [0.29, 0.717) is 11.4 Å². The smallest absolute Gasteiger partial charge is 0.262 e. The Morgan fingerprint density at radius 1 is 1.25 bits per heavy atom. The molecule has 2 amide bonds. The molecule has 124 valence electrons. The summed E-state index contributed by atoms with van der Waals surface area (Å²) in [6.45, 7) is 3.83. The molecular formula is C18H18N2O3S. The van der Waals surface area contributed by atoms with E-state index in [4.69, 9.17) is 4.74 Å². The minimum atomic E-state index is -0.243. The number of para-hydroxylation sites is 1. The first kappa shape index (κ1) is 16.4. The summed E-state index contributed by atoms with van der Waals surface area (Å²) in [7, 11) is 0. The highest BCUT2D eigenvalue weighted by Crippen LogP contribution is 2.33. The first-order valence-electron chi connectivity index (χ1n) is 7.58. The number of fused-ring (bicyclic) bond motifs is 1. The number of carbonyl (C=O) groups excluding carboxylic acids is 2. The lowest BCUT2D eigenvalue weighted by Gasteiger charge is -2.17. The van der Waals surface area contributed by atoms with Crippen molar-refractivity contribution in [1.29, 1.82) is 0 Å². The van der Waals surface area contributed by atoms with Gasteiger partial charge in [-0.1, -0.05) is 18.2 Å². The molecule has 0 aliphatic carbocycles. The second-order valence-electron chi connectivity index (χ2n) is 5.61. The van der Waals surface area contributed by atoms with Gasteiger partial charge in [0.1, 0.15) is 5.75 Å². The number of aryl methyl sites for hydroxylation is 2. The molecule has 2 aromatic carbocycles. The lowest BCUT2D eigenvalue weighted by atomic mass is 10.1. The largest absolute Gasteiger partial charge is 0.483 e. The monoisotopic (exact) mass is 342 g/mol. The predicted octanol–water partition coefficient (Wildman–Crippen LogP) is 3.37. The molecule has 1 aliphatic rings. The summed E-state index contributed by atoms with van der Waals surface area (Å²) in [5, 5.41) is 5.60. The zero-order valence-electron chi connectivity index (χ0n) is 13.5. The Bertz CT molecular complexity index is 785. The zero-order chi connectivity index (χ0) is 17.1. The molecular weight excluding hydrogens is 324 g/mol. The number of nitrogens with one attached hydrogen (secondary N) is 2. The van der Waals surface area contributed by atoms with E-state index in [1.807, 2.05) is 44.2 Å². The molecule has 0 unspecified atom stereocenters. The number of rotatable bonds is 4. The first-order valence-corrected chi connectivity index (χ1v) is 8.57. The van der Waals surface area contributed by atoms with Crippen LogP contribution in [-0.4, -0.2) is 24.2 Å². The molecule has 0 aromatic heterocycles. The molecule has 1 aliphatic heterocycles. The van der Waals surface area contributed by atoms with Crippen LogP contribution in [0.25, 0.3) is 0 Å². The van der Waals surface area contributed by atoms with Gasteiger partial charge in [0.2, 0.25) is 5.91 Å². The summed E-state index contributed by atoms with van der Waals surface area (Å²) in [6, 6.07) is 11.3. The molecule has 1 heterocycles. The highest BCUT2D eigenvalue weighted by molar-refractivity contribution is 8.00. The van der Waals surface area contributed by atoms with Gasteiger partial charge in [0, 0.05) is 10.6 Å². The molecule has 0 saturated carbocycles. The fraction of sp³-hybridized carbons (Fsp3) is 0.222. The van der Waals surface area contributed by atoms with Gasteiger partial charge in [-0.3, -0.25) is 9.59 Å². The van der Waals surface area contributed by atoms with Crippen LogP contribution in [0.4, 0.5) is 11.4 Å². The van der Waals surface area contributed by atoms with Gasteiger partial charge in [0.15, 0.2) is 6.61 Å². The summed E-state index contributed by atoms with van der Waals surface area (Å²) in [5.74, 6) is 0.881. The van der Waals surface area contributed by atoms with Gasteiger partial charge in [-0.15, -0.1) is 11.8 Å². The Morgan fingerprint density at radius 2 is 2.00 bits per heavy atom. The lowest BCUT2D eigenvalue weighted by molar-refractivity contribution is -0.118. The fourth-order valence-electron chi connectivity index (χ4n) is 2.52. The number of amides is 2. The van der Waals surface area contributed by atoms with Crippen molar-refractivity contribution in [3.05, 3.63) is 47.5 Å². The topological polar surface area (TPSA) is 67.4 Å². The molecule has 0 radical (unpaired) electrons. The van der Waals surface area contributed by atoms with Gasteiger partial charge in [-0.2, -0.15) is 0 Å². The average Bonchev–Trinajstić information content (AvgIpc) is 2.54. The summed E-state index contributed by atoms with van der Waals surface area (Å²) in [4.78, 5) is 24.6. The Hall–Kier alpha value is -2.47. The van der Waals surface area contributed by atoms with Crippen LogP contribution in [0.5, 0.6) is 5.75 Å². The van der Waals surface area contributed by atoms with Gasteiger partial charge < -0.3 is 15.4 Å². The summed E-state index contributed by atoms with van der Waals surface area (Å²) >= 11 is 1.49. The molecule has 2 N–H and O–H groups in total. The Balaban J connectivity index is 1.63. The standard InChI is InChI=1S/C18H18N2O3S/c1-11-4-3-5-12(2)18(11)23-9-16(21)19-13-6-7-15-14(8-13)20-17(22)10-24-15/h3-8H,9-10H2,1-2H3,(H,19,21)(H,20,22). The predicted molar refractivity (Wildman–Crippen MR) is 95.8 cm³/mol. The number of hydrogen-bond acceptors (Lipinski definition) is 4. The minimum Gasteiger partial charge on any atom is -0.483 e. The SMILES string of the molecule is Cc1cccc(C)c1OCC(=O)Nc1ccc2c(c1)NC(=O)CS2. The molecule has 0 atom stereocenters. The van der Waals surface area contributed by atoms with Gasteiger partial charge in [-0.25, -0.2) is 0 Å². The highest BCUT2D eigenvalue weighted by atomic mass is 32.2. The van der Waals surface area contributed by atoms with Crippen LogP contribution in [0.15, 0.2) is 41.3 Å². The summed E-state index contributed by atoms with van der Waals surface area (Å²) < 4.78 is 5.65. The molecule has 0 fully saturated rings. The number of thioether (sulfide) groups is 1. The summed E-state index contributed by atoms with van der Waals surface area (Å²) in [5.41, 5.74) is 3.35. The second kappa shape index (κ2) is 6.97. The molecule has 0 bridgehead atoms. The van der Waals surface area contributed by atoms with E-state index in [9.17, 15) is 9.59 Å². The number of anilines is 2. The van der Waals surface area contributed by atoms with Crippen molar-refractivity contribution in [2.24, 2.45) is 0 Å². The van der Waals surface area contributed by atoms with E-state index < -0.39 is 0 Å². The van der Waals surface area contributed by atoms with Crippen LogP contribution in [0, 0.1) is 13.8 Å². The Morgan fingerprint density at radius 3 is 2.75 bits per heavy atom. The van der Waals surface area contributed by atoms with Crippen molar-refractivity contribution in [2.45, 2.75) is 18.7 Å². The number of benzene rings is 2. The van der Waals surface area contributed by atoms with Crippen LogP contribution in [-0.2, 0) is 9.59 Å². The van der Waals surface area contributed by atoms with Gasteiger partial charge >= 0.3 is 0 Å². The van der Waals surface area contributed by atoms with E-state index >= 15 is 0 Å². The van der Waals surface area contributed by atoms with E-state index in [1.165, 1.54) is 11.8 Å². The minimum absolute atomic E-state index is 0.0330. The van der Waals surface area contributed by atoms with Gasteiger partial charge in [0.05, 0.1) is 11.4 Å². The maximum atomic E-state index is 12.1. The lowest BCUT2D eigenvalue weighted by Crippen LogP contribution is -2.22. The van der Waals surface area contributed by atoms with E-state index in [0.717, 1.165) is 27.5 Å². The summed E-state index contributed by atoms with van der Waals surface area (Å²) in [6.07, 6.45) is 0. The van der Waals surface area contributed by atoms with Gasteiger partial charge in [-0.05, 0) is 43.2 Å². The third-order valence-electron chi connectivity index (χ3n) is 3.65. The van der Waals surface area contributed by atoms with Crippen LogP contribution in [0.2, 0.25) is 0 Å². The quantitative estimate of drug-likeness (QED) is 0.894. The second-order valence-corrected chi connectivity index (χ2v) is 6.62. The molecule has 6 heteroatoms. The number of hydrogen-bond donors (Lipinski definition) is 2. The Labute approximate surface area is 144 Å². The van der Waals surface area contributed by atoms with Crippen LogP contribution in [0.1, 0.15) is 11.1 Å². The third kappa shape index (κ3) is 3.71. The average molecular weight is 342 g/mol. The zero-order valence-corrected chi connectivity index (χ0v) is 14.3. The van der Waals surface area contributed by atoms with E-state index in [-0.39, 0.29) is 18.4 Å². The van der Waals surface area contributed by atoms with Crippen molar-refractivity contribution in [2.75, 3.05) is 23.0 Å². The Kier molecular flexibility index (Phi) is 4.76. The van der Waals surface area contributed by atoms with Crippen LogP contribution >= 0.6 is 11.8 Å². The molecule has 5 nitrogen and oxygen atoms in total. The van der Waals surface area contributed by atoms with E-state index in [2.05, 4.69) is 10.6 Å². The normalized spacial score (nSPS) is 13.0.